The lowest BCUT2D eigenvalue weighted by atomic mass is 9.79. The Morgan fingerprint density at radius 1 is 1.61 bits per heavy atom. The van der Waals surface area contributed by atoms with E-state index in [0.717, 1.165) is 4.88 Å². The predicted octanol–water partition coefficient (Wildman–Crippen LogP) is 0.354. The molecule has 4 atom stereocenters. The normalized spacial score (nSPS) is 27.9. The summed E-state index contributed by atoms with van der Waals surface area (Å²) in [5.41, 5.74) is 0.0725. The highest BCUT2D eigenvalue weighted by Crippen LogP contribution is 2.50. The molecule has 0 spiro atoms. The summed E-state index contributed by atoms with van der Waals surface area (Å²) in [5, 5.41) is 23.4. The zero-order valence-electron chi connectivity index (χ0n) is 13.0. The molecule has 1 aromatic rings. The van der Waals surface area contributed by atoms with Gasteiger partial charge in [-0.1, -0.05) is 6.92 Å². The molecule has 3 heterocycles. The maximum Gasteiger partial charge on any atom is 0.353 e. The van der Waals surface area contributed by atoms with Crippen LogP contribution in [0.2, 0.25) is 0 Å². The van der Waals surface area contributed by atoms with Crippen LogP contribution in [0.5, 0.6) is 0 Å². The number of carbonyl (C=O) groups excluding carboxylic acids is 1. The van der Waals surface area contributed by atoms with Crippen molar-refractivity contribution in [3.05, 3.63) is 21.7 Å². The number of hydrogen-bond acceptors (Lipinski definition) is 6. The summed E-state index contributed by atoms with van der Waals surface area (Å²) in [4.78, 5) is 26.9. The molecule has 0 aromatic carbocycles. The molecule has 3 rings (SSSR count). The van der Waals surface area contributed by atoms with Gasteiger partial charge in [-0.15, -0.1) is 11.8 Å². The average Bonchev–Trinajstić information content (AvgIpc) is 2.97. The molecule has 1 saturated heterocycles. The minimum atomic E-state index is -1.09. The first-order valence-electron chi connectivity index (χ1n) is 7.25. The third-order valence-corrected chi connectivity index (χ3v) is 6.65. The first-order valence-corrected chi connectivity index (χ1v) is 9.01. The molecule has 0 radical (unpaired) electrons. The number of carboxylic acids is 1. The Kier molecular flexibility index (Phi) is 4.19. The average molecular weight is 356 g/mol. The van der Waals surface area contributed by atoms with Gasteiger partial charge in [-0.25, -0.2) is 4.79 Å². The third-order valence-electron chi connectivity index (χ3n) is 4.29. The van der Waals surface area contributed by atoms with Crippen molar-refractivity contribution < 1.29 is 23.9 Å². The minimum Gasteiger partial charge on any atom is -0.477 e. The number of rotatable bonds is 5. The smallest absolute Gasteiger partial charge is 0.353 e. The van der Waals surface area contributed by atoms with Crippen molar-refractivity contribution in [1.82, 2.24) is 10.00 Å². The van der Waals surface area contributed by atoms with Gasteiger partial charge in [-0.3, -0.25) is 4.79 Å². The number of thioether (sulfide) groups is 1. The van der Waals surface area contributed by atoms with Crippen LogP contribution in [0, 0.1) is 11.8 Å². The van der Waals surface area contributed by atoms with Gasteiger partial charge in [-0.05, 0) is 11.0 Å². The Morgan fingerprint density at radius 3 is 2.83 bits per heavy atom. The summed E-state index contributed by atoms with van der Waals surface area (Å²) in [6.45, 7) is 3.50. The van der Waals surface area contributed by atoms with Crippen LogP contribution in [0.3, 0.4) is 0 Å². The highest BCUT2D eigenvalue weighted by atomic mass is 32.2. The van der Waals surface area contributed by atoms with Crippen molar-refractivity contribution in [2.45, 2.75) is 31.7 Å². The molecule has 2 aliphatic heterocycles. The van der Waals surface area contributed by atoms with E-state index in [2.05, 4.69) is 5.10 Å². The standard InChI is InChI=1S/C14H17N3O4S2/c1-6-10-9(7(2)18)13(19)17(10)11(14(20)21)12(6)22-5-8-4-15-16(3)23-8/h4,6-7,9-10,18H,5H2,1-3H3/p+1/t6-,7-,9-,10+/m1/s1. The molecule has 0 bridgehead atoms. The van der Waals surface area contributed by atoms with Gasteiger partial charge in [-0.2, -0.15) is 0 Å². The van der Waals surface area contributed by atoms with Gasteiger partial charge in [0.05, 0.1) is 18.1 Å². The first-order chi connectivity index (χ1) is 10.8. The second kappa shape index (κ2) is 5.88. The molecule has 7 nitrogen and oxygen atoms in total. The highest BCUT2D eigenvalue weighted by molar-refractivity contribution is 8.02. The van der Waals surface area contributed by atoms with Crippen LogP contribution in [0.25, 0.3) is 0 Å². The summed E-state index contributed by atoms with van der Waals surface area (Å²) in [5.74, 6) is -1.38. The van der Waals surface area contributed by atoms with E-state index in [1.54, 1.807) is 17.2 Å². The molecule has 0 aliphatic carbocycles. The van der Waals surface area contributed by atoms with E-state index in [1.165, 1.54) is 28.2 Å². The highest BCUT2D eigenvalue weighted by Gasteiger charge is 2.59. The molecule has 1 aromatic heterocycles. The van der Waals surface area contributed by atoms with Crippen LogP contribution in [0.4, 0.5) is 0 Å². The van der Waals surface area contributed by atoms with Gasteiger partial charge in [0.25, 0.3) is 0 Å². The van der Waals surface area contributed by atoms with E-state index in [-0.39, 0.29) is 23.6 Å². The van der Waals surface area contributed by atoms with E-state index >= 15 is 0 Å². The van der Waals surface area contributed by atoms with Crippen LogP contribution in [0.1, 0.15) is 18.7 Å². The Labute approximate surface area is 141 Å². The van der Waals surface area contributed by atoms with Crippen molar-refractivity contribution in [1.29, 1.82) is 0 Å². The molecule has 1 fully saturated rings. The van der Waals surface area contributed by atoms with E-state index in [0.29, 0.717) is 10.7 Å². The summed E-state index contributed by atoms with van der Waals surface area (Å²) in [6.07, 6.45) is 0.989. The van der Waals surface area contributed by atoms with Crippen molar-refractivity contribution >= 4 is 35.2 Å². The molecule has 2 aliphatic rings. The van der Waals surface area contributed by atoms with Crippen LogP contribution in [-0.2, 0) is 22.4 Å². The Hall–Kier alpha value is -1.45. The number of aliphatic hydroxyl groups excluding tert-OH is 1. The predicted molar refractivity (Wildman–Crippen MR) is 84.2 cm³/mol. The SMILES string of the molecule is C[C@@H](O)[C@H]1C(=O)N2C(C(=O)O)=C(SCc3cn[n+](C)s3)[C@H](C)[C@@H]12. The van der Waals surface area contributed by atoms with Crippen LogP contribution >= 0.6 is 23.3 Å². The van der Waals surface area contributed by atoms with Crippen LogP contribution in [0.15, 0.2) is 16.8 Å². The number of carboxylic acid groups (broad SMARTS) is 1. The molecule has 0 saturated carbocycles. The monoisotopic (exact) mass is 356 g/mol. The van der Waals surface area contributed by atoms with Crippen molar-refractivity contribution in [3.63, 3.8) is 0 Å². The number of aliphatic hydroxyl groups is 1. The number of amides is 1. The molecule has 2 N–H and O–H groups in total. The number of aryl methyl sites for hydroxylation is 1. The van der Waals surface area contributed by atoms with Gasteiger partial charge in [0.2, 0.25) is 5.91 Å². The quantitative estimate of drug-likeness (QED) is 0.584. The molecule has 9 heteroatoms. The second-order valence-electron chi connectivity index (χ2n) is 5.83. The van der Waals surface area contributed by atoms with Gasteiger partial charge in [0, 0.05) is 21.7 Å². The van der Waals surface area contributed by atoms with E-state index in [9.17, 15) is 19.8 Å². The van der Waals surface area contributed by atoms with Gasteiger partial charge < -0.3 is 15.1 Å². The zero-order chi connectivity index (χ0) is 16.9. The van der Waals surface area contributed by atoms with Crippen LogP contribution in [-0.4, -0.2) is 44.2 Å². The van der Waals surface area contributed by atoms with E-state index in [4.69, 9.17) is 0 Å². The van der Waals surface area contributed by atoms with E-state index in [1.807, 2.05) is 14.0 Å². The van der Waals surface area contributed by atoms with Crippen molar-refractivity contribution in [3.8, 4) is 0 Å². The topological polar surface area (TPSA) is 94.6 Å². The van der Waals surface area contributed by atoms with Gasteiger partial charge in [0.15, 0.2) is 18.6 Å². The second-order valence-corrected chi connectivity index (χ2v) is 8.08. The number of carbonyl (C=O) groups is 2. The number of hydrogen-bond donors (Lipinski definition) is 2. The molecular weight excluding hydrogens is 338 g/mol. The summed E-state index contributed by atoms with van der Waals surface area (Å²) in [7, 11) is 1.84. The Balaban J connectivity index is 1.85. The number of aromatic nitrogens is 2. The fourth-order valence-electron chi connectivity index (χ4n) is 3.29. The van der Waals surface area contributed by atoms with Crippen molar-refractivity contribution in [2.24, 2.45) is 18.9 Å². The molecular formula is C14H18N3O4S2+. The lowest BCUT2D eigenvalue weighted by Crippen LogP contribution is -2.63. The fraction of sp³-hybridized carbons (Fsp3) is 0.571. The first kappa shape index (κ1) is 16.4. The van der Waals surface area contributed by atoms with Crippen LogP contribution < -0.4 is 4.07 Å². The Morgan fingerprint density at radius 2 is 2.30 bits per heavy atom. The Bertz CT molecular complexity index is 700. The largest absolute Gasteiger partial charge is 0.477 e. The van der Waals surface area contributed by atoms with Gasteiger partial charge in [0.1, 0.15) is 16.8 Å². The summed E-state index contributed by atoms with van der Waals surface area (Å²) in [6, 6.07) is -0.256. The number of β-lactam (4-membered cyclic amide) rings is 1. The number of nitrogens with zero attached hydrogens (tertiary/aromatic N) is 3. The zero-order valence-corrected chi connectivity index (χ0v) is 14.6. The lowest BCUT2D eigenvalue weighted by molar-refractivity contribution is -0.663. The fourth-order valence-corrected chi connectivity index (χ4v) is 5.30. The number of fused-ring (bicyclic) bond motifs is 1. The molecule has 124 valence electrons. The molecule has 23 heavy (non-hydrogen) atoms. The van der Waals surface area contributed by atoms with Gasteiger partial charge >= 0.3 is 5.97 Å². The summed E-state index contributed by atoms with van der Waals surface area (Å²) < 4.78 is 1.74. The molecule has 1 amide bonds. The third kappa shape index (κ3) is 2.56. The van der Waals surface area contributed by atoms with Crippen molar-refractivity contribution in [2.75, 3.05) is 0 Å². The minimum absolute atomic E-state index is 0.0725. The lowest BCUT2D eigenvalue weighted by Gasteiger charge is -2.46. The maximum absolute atomic E-state index is 12.2. The number of aliphatic carboxylic acids is 1. The maximum atomic E-state index is 12.2. The summed E-state index contributed by atoms with van der Waals surface area (Å²) >= 11 is 2.94. The van der Waals surface area contributed by atoms with E-state index < -0.39 is 18.0 Å². The molecule has 0 unspecified atom stereocenters.